The van der Waals surface area contributed by atoms with Crippen LogP contribution in [-0.4, -0.2) is 36.1 Å². The molecule has 3 nitrogen and oxygen atoms in total. The number of fused-ring (bicyclic) bond motifs is 2. The van der Waals surface area contributed by atoms with Crippen LogP contribution in [0, 0.1) is 13.8 Å². The molecule has 4 heteroatoms. The minimum Gasteiger partial charge on any atom is -0.459 e. The Morgan fingerprint density at radius 1 is 1.10 bits per heavy atom. The van der Waals surface area contributed by atoms with E-state index in [2.05, 4.69) is 18.0 Å². The summed E-state index contributed by atoms with van der Waals surface area (Å²) in [7, 11) is 2.20. The lowest BCUT2D eigenvalue weighted by molar-refractivity contribution is -0.000466. The number of carbonyl (C=O) groups is 1. The lowest BCUT2D eigenvalue weighted by Crippen LogP contribution is -2.43. The normalized spacial score (nSPS) is 28.0. The lowest BCUT2D eigenvalue weighted by atomic mass is 10.0. The van der Waals surface area contributed by atoms with Gasteiger partial charge in [0.2, 0.25) is 0 Å². The molecule has 2 bridgehead atoms. The third kappa shape index (κ3) is 3.41. The van der Waals surface area contributed by atoms with Gasteiger partial charge in [-0.1, -0.05) is 17.2 Å². The van der Waals surface area contributed by atoms with E-state index < -0.39 is 0 Å². The van der Waals surface area contributed by atoms with Gasteiger partial charge in [0, 0.05) is 24.9 Å². The fourth-order valence-electron chi connectivity index (χ4n) is 3.77. The number of ether oxygens (including phenoxy) is 1. The molecule has 3 atom stereocenters. The molecule has 1 aromatic rings. The summed E-state index contributed by atoms with van der Waals surface area (Å²) >= 11 is 0. The molecule has 2 fully saturated rings. The highest BCUT2D eigenvalue weighted by Gasteiger charge is 2.39. The van der Waals surface area contributed by atoms with Crippen molar-refractivity contribution in [3.8, 4) is 0 Å². The Morgan fingerprint density at radius 3 is 2.14 bits per heavy atom. The van der Waals surface area contributed by atoms with Crippen molar-refractivity contribution in [2.24, 2.45) is 0 Å². The van der Waals surface area contributed by atoms with Crippen LogP contribution in [-0.2, 0) is 4.74 Å². The molecule has 116 valence electrons. The second-order valence-corrected chi connectivity index (χ2v) is 6.43. The molecule has 0 amide bonds. The van der Waals surface area contributed by atoms with Crippen molar-refractivity contribution in [2.45, 2.75) is 57.7 Å². The summed E-state index contributed by atoms with van der Waals surface area (Å²) in [6.07, 6.45) is 4.57. The van der Waals surface area contributed by atoms with Gasteiger partial charge < -0.3 is 9.64 Å². The van der Waals surface area contributed by atoms with Gasteiger partial charge in [-0.05, 0) is 45.9 Å². The summed E-state index contributed by atoms with van der Waals surface area (Å²) in [4.78, 5) is 14.8. The van der Waals surface area contributed by atoms with Crippen LogP contribution >= 0.6 is 12.4 Å². The molecule has 2 saturated heterocycles. The molecule has 1 unspecified atom stereocenters. The van der Waals surface area contributed by atoms with Crippen LogP contribution in [0.15, 0.2) is 18.2 Å². The molecule has 0 aromatic heterocycles. The van der Waals surface area contributed by atoms with E-state index in [4.69, 9.17) is 4.74 Å². The molecule has 0 aliphatic carbocycles. The highest BCUT2D eigenvalue weighted by Crippen LogP contribution is 2.35. The maximum Gasteiger partial charge on any atom is 0.338 e. The maximum atomic E-state index is 12.3. The van der Waals surface area contributed by atoms with Gasteiger partial charge in [0.05, 0.1) is 5.56 Å². The quantitative estimate of drug-likeness (QED) is 0.783. The summed E-state index contributed by atoms with van der Waals surface area (Å²) in [5.41, 5.74) is 2.91. The summed E-state index contributed by atoms with van der Waals surface area (Å²) in [6.45, 7) is 4.03. The molecule has 3 rings (SSSR count). The zero-order valence-corrected chi connectivity index (χ0v) is 13.8. The first-order chi connectivity index (χ1) is 9.52. The summed E-state index contributed by atoms with van der Waals surface area (Å²) < 4.78 is 5.75. The Morgan fingerprint density at radius 2 is 1.62 bits per heavy atom. The van der Waals surface area contributed by atoms with Crippen LogP contribution in [0.3, 0.4) is 0 Å². The minimum absolute atomic E-state index is 0. The highest BCUT2D eigenvalue weighted by molar-refractivity contribution is 5.90. The fraction of sp³-hybridized carbons (Fsp3) is 0.588. The molecule has 0 N–H and O–H groups in total. The molecule has 1 aromatic carbocycles. The van der Waals surface area contributed by atoms with Gasteiger partial charge in [-0.15, -0.1) is 12.4 Å². The van der Waals surface area contributed by atoms with Crippen molar-refractivity contribution < 1.29 is 9.53 Å². The maximum absolute atomic E-state index is 12.3. The largest absolute Gasteiger partial charge is 0.459 e. The van der Waals surface area contributed by atoms with Crippen LogP contribution in [0.2, 0.25) is 0 Å². The number of esters is 1. The first-order valence-electron chi connectivity index (χ1n) is 7.54. The predicted molar refractivity (Wildman–Crippen MR) is 86.2 cm³/mol. The SMILES string of the molecule is Cc1cc(C)cc(C(=O)OC2C[C@H]3CC[C@@H](C2)N3C)c1.Cl. The number of aryl methyl sites for hydroxylation is 2. The van der Waals surface area contributed by atoms with Crippen LogP contribution in [0.1, 0.15) is 47.2 Å². The number of benzene rings is 1. The van der Waals surface area contributed by atoms with E-state index in [0.717, 1.165) is 24.0 Å². The summed E-state index contributed by atoms with van der Waals surface area (Å²) in [5.74, 6) is -0.161. The topological polar surface area (TPSA) is 29.5 Å². The van der Waals surface area contributed by atoms with Gasteiger partial charge >= 0.3 is 5.97 Å². The van der Waals surface area contributed by atoms with Gasteiger partial charge in [0.1, 0.15) is 6.10 Å². The Kier molecular flexibility index (Phi) is 4.95. The van der Waals surface area contributed by atoms with E-state index in [1.54, 1.807) is 0 Å². The van der Waals surface area contributed by atoms with Crippen LogP contribution < -0.4 is 0 Å². The van der Waals surface area contributed by atoms with E-state index in [1.807, 2.05) is 26.0 Å². The first-order valence-corrected chi connectivity index (χ1v) is 7.54. The number of rotatable bonds is 2. The monoisotopic (exact) mass is 309 g/mol. The van der Waals surface area contributed by atoms with Gasteiger partial charge in [-0.2, -0.15) is 0 Å². The first kappa shape index (κ1) is 16.3. The number of hydrogen-bond acceptors (Lipinski definition) is 3. The average Bonchev–Trinajstić information content (AvgIpc) is 2.61. The number of nitrogens with zero attached hydrogens (tertiary/aromatic N) is 1. The summed E-state index contributed by atoms with van der Waals surface area (Å²) in [5, 5.41) is 0. The molecule has 21 heavy (non-hydrogen) atoms. The molecule has 2 aliphatic heterocycles. The third-order valence-electron chi connectivity index (χ3n) is 4.79. The van der Waals surface area contributed by atoms with Crippen molar-refractivity contribution in [3.63, 3.8) is 0 Å². The lowest BCUT2D eigenvalue weighted by Gasteiger charge is -2.35. The van der Waals surface area contributed by atoms with Crippen molar-refractivity contribution in [3.05, 3.63) is 34.9 Å². The van der Waals surface area contributed by atoms with E-state index in [1.165, 1.54) is 12.8 Å². The molecule has 2 heterocycles. The number of piperidine rings is 1. The Bertz CT molecular complexity index is 497. The van der Waals surface area contributed by atoms with Crippen LogP contribution in [0.4, 0.5) is 0 Å². The standard InChI is InChI=1S/C17H23NO2.ClH/c1-11-6-12(2)8-13(7-11)17(19)20-16-9-14-4-5-15(10-16)18(14)3;/h6-8,14-16H,4-5,9-10H2,1-3H3;1H/t14-,15+,16?;. The average molecular weight is 310 g/mol. The van der Waals surface area contributed by atoms with Crippen LogP contribution in [0.5, 0.6) is 0 Å². The van der Waals surface area contributed by atoms with Crippen molar-refractivity contribution in [2.75, 3.05) is 7.05 Å². The highest BCUT2D eigenvalue weighted by atomic mass is 35.5. The number of hydrogen-bond donors (Lipinski definition) is 0. The van der Waals surface area contributed by atoms with Crippen LogP contribution in [0.25, 0.3) is 0 Å². The Labute approximate surface area is 133 Å². The molecule has 0 radical (unpaired) electrons. The van der Waals surface area contributed by atoms with Gasteiger partial charge in [0.25, 0.3) is 0 Å². The van der Waals surface area contributed by atoms with Crippen molar-refractivity contribution in [1.29, 1.82) is 0 Å². The zero-order chi connectivity index (χ0) is 14.3. The van der Waals surface area contributed by atoms with Crippen molar-refractivity contribution >= 4 is 18.4 Å². The molecular formula is C17H24ClNO2. The number of halogens is 1. The van der Waals surface area contributed by atoms with E-state index in [9.17, 15) is 4.79 Å². The van der Waals surface area contributed by atoms with Gasteiger partial charge in [0.15, 0.2) is 0 Å². The van der Waals surface area contributed by atoms with Gasteiger partial charge in [-0.3, -0.25) is 0 Å². The molecule has 2 aliphatic rings. The molecular weight excluding hydrogens is 286 g/mol. The minimum atomic E-state index is -0.161. The second-order valence-electron chi connectivity index (χ2n) is 6.43. The molecule has 0 spiro atoms. The third-order valence-corrected chi connectivity index (χ3v) is 4.79. The van der Waals surface area contributed by atoms with Crippen molar-refractivity contribution in [1.82, 2.24) is 4.90 Å². The fourth-order valence-corrected chi connectivity index (χ4v) is 3.77. The predicted octanol–water partition coefficient (Wildman–Crippen LogP) is 3.51. The van der Waals surface area contributed by atoms with E-state index >= 15 is 0 Å². The second kappa shape index (κ2) is 6.37. The zero-order valence-electron chi connectivity index (χ0n) is 13.0. The van der Waals surface area contributed by atoms with E-state index in [0.29, 0.717) is 17.6 Å². The smallest absolute Gasteiger partial charge is 0.338 e. The Balaban J connectivity index is 0.00000161. The Hall–Kier alpha value is -1.06. The molecule has 0 saturated carbocycles. The van der Waals surface area contributed by atoms with Gasteiger partial charge in [-0.25, -0.2) is 4.79 Å². The summed E-state index contributed by atoms with van der Waals surface area (Å²) in [6, 6.07) is 7.11. The number of carbonyl (C=O) groups excluding carboxylic acids is 1. The van der Waals surface area contributed by atoms with E-state index in [-0.39, 0.29) is 24.5 Å².